The van der Waals surface area contributed by atoms with Crippen LogP contribution in [0.15, 0.2) is 24.3 Å². The topological polar surface area (TPSA) is 49.8 Å². The molecule has 0 saturated carbocycles. The summed E-state index contributed by atoms with van der Waals surface area (Å²) in [6, 6.07) is 6.84. The number of halogens is 1. The summed E-state index contributed by atoms with van der Waals surface area (Å²) in [5.41, 5.74) is 1.05. The molecule has 1 N–H and O–H groups in total. The fourth-order valence-electron chi connectivity index (χ4n) is 1.88. The summed E-state index contributed by atoms with van der Waals surface area (Å²) < 4.78 is 5.03. The lowest BCUT2D eigenvalue weighted by molar-refractivity contribution is -0.180. The van der Waals surface area contributed by atoms with E-state index in [9.17, 15) is 9.90 Å². The Hall–Kier alpha value is -0.940. The van der Waals surface area contributed by atoms with E-state index in [1.807, 2.05) is 29.2 Å². The lowest BCUT2D eigenvalue weighted by Gasteiger charge is -2.35. The molecule has 92 valence electrons. The number of aliphatic hydroxyl groups is 1. The Morgan fingerprint density at radius 1 is 1.47 bits per heavy atom. The lowest BCUT2D eigenvalue weighted by Crippen LogP contribution is -2.51. The van der Waals surface area contributed by atoms with Crippen LogP contribution >= 0.6 is 11.6 Å². The molecular weight excluding hydrogens is 242 g/mol. The number of aliphatic hydroxyl groups excluding tert-OH is 1. The number of hydrogen-bond donors (Lipinski definition) is 1. The molecule has 5 heteroatoms. The van der Waals surface area contributed by atoms with Crippen LogP contribution in [0.25, 0.3) is 0 Å². The molecule has 17 heavy (non-hydrogen) atoms. The second kappa shape index (κ2) is 5.60. The monoisotopic (exact) mass is 255 g/mol. The van der Waals surface area contributed by atoms with E-state index in [1.165, 1.54) is 0 Å². The number of aldehydes is 1. The average Bonchev–Trinajstić information content (AvgIpc) is 2.32. The van der Waals surface area contributed by atoms with Gasteiger partial charge in [-0.3, -0.25) is 4.90 Å². The fraction of sp³-hybridized carbons (Fsp3) is 0.417. The molecule has 2 atom stereocenters. The zero-order chi connectivity index (χ0) is 12.3. The Morgan fingerprint density at radius 2 is 2.18 bits per heavy atom. The second-order valence-corrected chi connectivity index (χ2v) is 4.42. The van der Waals surface area contributed by atoms with Gasteiger partial charge in [0.05, 0.1) is 6.61 Å². The first-order valence-electron chi connectivity index (χ1n) is 5.44. The normalized spacial score (nSPS) is 25.8. The van der Waals surface area contributed by atoms with Crippen LogP contribution < -0.4 is 0 Å². The smallest absolute Gasteiger partial charge is 0.177 e. The summed E-state index contributed by atoms with van der Waals surface area (Å²) in [7, 11) is 0. The molecule has 2 rings (SSSR count). The van der Waals surface area contributed by atoms with Crippen molar-refractivity contribution < 1.29 is 14.6 Å². The van der Waals surface area contributed by atoms with Gasteiger partial charge in [0, 0.05) is 18.1 Å². The van der Waals surface area contributed by atoms with Gasteiger partial charge in [0.1, 0.15) is 12.3 Å². The van der Waals surface area contributed by atoms with Gasteiger partial charge in [0.25, 0.3) is 0 Å². The number of benzene rings is 1. The standard InChI is InChI=1S/C12H14ClNO3/c13-10-3-1-9(2-4-10)7-14-5-6-17-12(16)11(14)8-15/h1-4,8,11-12,16H,5-7H2. The van der Waals surface area contributed by atoms with Crippen LogP contribution in [0.5, 0.6) is 0 Å². The molecule has 1 aliphatic heterocycles. The number of carbonyl (C=O) groups is 1. The van der Waals surface area contributed by atoms with Crippen molar-refractivity contribution >= 4 is 17.9 Å². The van der Waals surface area contributed by atoms with Crippen LogP contribution in [-0.4, -0.2) is 41.8 Å². The number of hydrogen-bond acceptors (Lipinski definition) is 4. The number of morpholine rings is 1. The minimum Gasteiger partial charge on any atom is -0.366 e. The second-order valence-electron chi connectivity index (χ2n) is 3.98. The third-order valence-corrected chi connectivity index (χ3v) is 3.07. The summed E-state index contributed by atoms with van der Waals surface area (Å²) in [5, 5.41) is 10.2. The van der Waals surface area contributed by atoms with Crippen molar-refractivity contribution in [2.24, 2.45) is 0 Å². The zero-order valence-corrected chi connectivity index (χ0v) is 10.0. The molecule has 1 aromatic rings. The van der Waals surface area contributed by atoms with Gasteiger partial charge >= 0.3 is 0 Å². The predicted molar refractivity (Wildman–Crippen MR) is 63.7 cm³/mol. The van der Waals surface area contributed by atoms with Gasteiger partial charge in [0.15, 0.2) is 6.29 Å². The molecule has 1 saturated heterocycles. The first-order valence-corrected chi connectivity index (χ1v) is 5.82. The van der Waals surface area contributed by atoms with Crippen molar-refractivity contribution in [3.05, 3.63) is 34.9 Å². The summed E-state index contributed by atoms with van der Waals surface area (Å²) >= 11 is 5.80. The SMILES string of the molecule is O=CC1C(O)OCCN1Cc1ccc(Cl)cc1. The number of rotatable bonds is 3. The van der Waals surface area contributed by atoms with E-state index in [4.69, 9.17) is 16.3 Å². The summed E-state index contributed by atoms with van der Waals surface area (Å²) in [6.07, 6.45) is -0.312. The highest BCUT2D eigenvalue weighted by atomic mass is 35.5. The maximum absolute atomic E-state index is 10.9. The minimum absolute atomic E-state index is 0.430. The first-order chi connectivity index (χ1) is 8.20. The summed E-state index contributed by atoms with van der Waals surface area (Å²) in [5.74, 6) is 0. The molecule has 4 nitrogen and oxygen atoms in total. The van der Waals surface area contributed by atoms with E-state index in [0.29, 0.717) is 24.7 Å². The van der Waals surface area contributed by atoms with E-state index >= 15 is 0 Å². The van der Waals surface area contributed by atoms with Crippen LogP contribution in [-0.2, 0) is 16.1 Å². The number of ether oxygens (including phenoxy) is 1. The average molecular weight is 256 g/mol. The van der Waals surface area contributed by atoms with Gasteiger partial charge in [-0.05, 0) is 17.7 Å². The number of nitrogens with zero attached hydrogens (tertiary/aromatic N) is 1. The molecule has 0 spiro atoms. The number of carbonyl (C=O) groups excluding carboxylic acids is 1. The maximum atomic E-state index is 10.9. The molecular formula is C12H14ClNO3. The fourth-order valence-corrected chi connectivity index (χ4v) is 2.01. The molecule has 0 bridgehead atoms. The van der Waals surface area contributed by atoms with Crippen LogP contribution in [0.2, 0.25) is 5.02 Å². The van der Waals surface area contributed by atoms with Crippen molar-refractivity contribution in [3.8, 4) is 0 Å². The van der Waals surface area contributed by atoms with Crippen molar-refractivity contribution in [2.45, 2.75) is 18.9 Å². The Labute approximate surface area is 105 Å². The Kier molecular flexibility index (Phi) is 4.12. The highest BCUT2D eigenvalue weighted by Gasteiger charge is 2.30. The van der Waals surface area contributed by atoms with Gasteiger partial charge in [-0.2, -0.15) is 0 Å². The molecule has 0 aromatic heterocycles. The maximum Gasteiger partial charge on any atom is 0.177 e. The largest absolute Gasteiger partial charge is 0.366 e. The van der Waals surface area contributed by atoms with E-state index < -0.39 is 12.3 Å². The molecule has 0 amide bonds. The zero-order valence-electron chi connectivity index (χ0n) is 9.25. The van der Waals surface area contributed by atoms with Crippen LogP contribution in [0.1, 0.15) is 5.56 Å². The van der Waals surface area contributed by atoms with Crippen molar-refractivity contribution in [3.63, 3.8) is 0 Å². The minimum atomic E-state index is -1.03. The molecule has 1 heterocycles. The van der Waals surface area contributed by atoms with Crippen molar-refractivity contribution in [2.75, 3.05) is 13.2 Å². The van der Waals surface area contributed by atoms with E-state index in [1.54, 1.807) is 0 Å². The van der Waals surface area contributed by atoms with Gasteiger partial charge in [-0.15, -0.1) is 0 Å². The van der Waals surface area contributed by atoms with Crippen LogP contribution in [0.4, 0.5) is 0 Å². The highest BCUT2D eigenvalue weighted by Crippen LogP contribution is 2.16. The predicted octanol–water partition coefficient (Wildman–Crippen LogP) is 1.06. The van der Waals surface area contributed by atoms with Crippen LogP contribution in [0, 0.1) is 0 Å². The van der Waals surface area contributed by atoms with Gasteiger partial charge in [0.2, 0.25) is 0 Å². The molecule has 1 aromatic carbocycles. The highest BCUT2D eigenvalue weighted by molar-refractivity contribution is 6.30. The lowest BCUT2D eigenvalue weighted by atomic mass is 10.1. The summed E-state index contributed by atoms with van der Waals surface area (Å²) in [6.45, 7) is 1.66. The first kappa shape index (κ1) is 12.5. The third-order valence-electron chi connectivity index (χ3n) is 2.82. The molecule has 0 aliphatic carbocycles. The van der Waals surface area contributed by atoms with E-state index in [0.717, 1.165) is 11.8 Å². The van der Waals surface area contributed by atoms with Crippen LogP contribution in [0.3, 0.4) is 0 Å². The van der Waals surface area contributed by atoms with E-state index in [2.05, 4.69) is 0 Å². The van der Waals surface area contributed by atoms with Gasteiger partial charge in [-0.25, -0.2) is 0 Å². The Bertz CT molecular complexity index is 382. The third kappa shape index (κ3) is 3.04. The molecule has 1 aliphatic rings. The molecule has 0 radical (unpaired) electrons. The van der Waals surface area contributed by atoms with Gasteiger partial charge < -0.3 is 14.6 Å². The van der Waals surface area contributed by atoms with Crippen molar-refractivity contribution in [1.82, 2.24) is 4.90 Å². The van der Waals surface area contributed by atoms with E-state index in [-0.39, 0.29) is 0 Å². The van der Waals surface area contributed by atoms with Gasteiger partial charge in [-0.1, -0.05) is 23.7 Å². The molecule has 1 fully saturated rings. The quantitative estimate of drug-likeness (QED) is 0.821. The summed E-state index contributed by atoms with van der Waals surface area (Å²) in [4.78, 5) is 12.8. The molecule has 2 unspecified atom stereocenters. The Balaban J connectivity index is 2.06. The Morgan fingerprint density at radius 3 is 2.82 bits per heavy atom. The van der Waals surface area contributed by atoms with Crippen molar-refractivity contribution in [1.29, 1.82) is 0 Å².